The van der Waals surface area contributed by atoms with Crippen molar-refractivity contribution in [1.82, 2.24) is 5.32 Å². The molecule has 1 rings (SSSR count). The number of anilines is 1. The summed E-state index contributed by atoms with van der Waals surface area (Å²) in [5.74, 6) is -0.0587. The lowest BCUT2D eigenvalue weighted by Gasteiger charge is -2.23. The van der Waals surface area contributed by atoms with Crippen LogP contribution in [0.4, 0.5) is 5.69 Å². The third kappa shape index (κ3) is 4.48. The molecule has 0 fully saturated rings. The van der Waals surface area contributed by atoms with Gasteiger partial charge in [0, 0.05) is 6.54 Å². The number of amides is 2. The van der Waals surface area contributed by atoms with E-state index in [1.807, 2.05) is 26.0 Å². The largest absolute Gasteiger partial charge is 0.495 e. The van der Waals surface area contributed by atoms with Gasteiger partial charge >= 0.3 is 0 Å². The van der Waals surface area contributed by atoms with Crippen molar-refractivity contribution in [2.75, 3.05) is 19.0 Å². The monoisotopic (exact) mass is 306 g/mol. The SMILES string of the molecule is CCCCNC(=O)C(C)(C)C(=O)Nc1cc(C)ccc1OC. The smallest absolute Gasteiger partial charge is 0.239 e. The van der Waals surface area contributed by atoms with Gasteiger partial charge in [-0.15, -0.1) is 0 Å². The minimum Gasteiger partial charge on any atom is -0.495 e. The first-order chi connectivity index (χ1) is 10.3. The van der Waals surface area contributed by atoms with Crippen molar-refractivity contribution in [3.63, 3.8) is 0 Å². The minimum absolute atomic E-state index is 0.273. The Kier molecular flexibility index (Phi) is 6.40. The Bertz CT molecular complexity index is 539. The van der Waals surface area contributed by atoms with Crippen LogP contribution in [0, 0.1) is 12.3 Å². The van der Waals surface area contributed by atoms with Gasteiger partial charge in [0.2, 0.25) is 11.8 Å². The lowest BCUT2D eigenvalue weighted by atomic mass is 9.90. The summed E-state index contributed by atoms with van der Waals surface area (Å²) in [6, 6.07) is 5.51. The summed E-state index contributed by atoms with van der Waals surface area (Å²) in [7, 11) is 1.54. The van der Waals surface area contributed by atoms with E-state index in [0.717, 1.165) is 18.4 Å². The minimum atomic E-state index is -1.15. The molecule has 0 atom stereocenters. The Hall–Kier alpha value is -2.04. The molecule has 0 saturated heterocycles. The zero-order valence-electron chi connectivity index (χ0n) is 14.1. The Morgan fingerprint density at radius 2 is 1.91 bits per heavy atom. The second-order valence-corrected chi connectivity index (χ2v) is 5.89. The number of unbranched alkanes of at least 4 members (excludes halogenated alkanes) is 1. The highest BCUT2D eigenvalue weighted by Gasteiger charge is 2.36. The summed E-state index contributed by atoms with van der Waals surface area (Å²) in [5.41, 5.74) is 0.422. The average molecular weight is 306 g/mol. The molecule has 2 amide bonds. The fourth-order valence-corrected chi connectivity index (χ4v) is 1.90. The van der Waals surface area contributed by atoms with E-state index >= 15 is 0 Å². The Morgan fingerprint density at radius 3 is 2.50 bits per heavy atom. The highest BCUT2D eigenvalue weighted by molar-refractivity contribution is 6.10. The highest BCUT2D eigenvalue weighted by Crippen LogP contribution is 2.27. The van der Waals surface area contributed by atoms with Gasteiger partial charge in [0.25, 0.3) is 0 Å². The Balaban J connectivity index is 2.82. The number of nitrogens with one attached hydrogen (secondary N) is 2. The van der Waals surface area contributed by atoms with Crippen molar-refractivity contribution in [1.29, 1.82) is 0 Å². The number of methoxy groups -OCH3 is 1. The number of hydrogen-bond acceptors (Lipinski definition) is 3. The lowest BCUT2D eigenvalue weighted by Crippen LogP contribution is -2.45. The molecule has 0 unspecified atom stereocenters. The molecule has 0 radical (unpaired) electrons. The Morgan fingerprint density at radius 1 is 1.23 bits per heavy atom. The first kappa shape index (κ1) is 18.0. The van der Waals surface area contributed by atoms with Gasteiger partial charge in [-0.05, 0) is 44.9 Å². The van der Waals surface area contributed by atoms with Crippen LogP contribution in [0.5, 0.6) is 5.75 Å². The average Bonchev–Trinajstić information content (AvgIpc) is 2.47. The molecule has 0 heterocycles. The molecule has 0 saturated carbocycles. The van der Waals surface area contributed by atoms with Gasteiger partial charge in [0.1, 0.15) is 11.2 Å². The van der Waals surface area contributed by atoms with Gasteiger partial charge in [-0.25, -0.2) is 0 Å². The molecule has 1 aromatic carbocycles. The molecule has 2 N–H and O–H groups in total. The zero-order chi connectivity index (χ0) is 16.8. The molecule has 5 nitrogen and oxygen atoms in total. The third-order valence-electron chi connectivity index (χ3n) is 3.55. The van der Waals surface area contributed by atoms with Gasteiger partial charge < -0.3 is 15.4 Å². The van der Waals surface area contributed by atoms with Gasteiger partial charge in [-0.1, -0.05) is 19.4 Å². The van der Waals surface area contributed by atoms with Crippen molar-refractivity contribution < 1.29 is 14.3 Å². The zero-order valence-corrected chi connectivity index (χ0v) is 14.1. The van der Waals surface area contributed by atoms with Crippen molar-refractivity contribution in [3.8, 4) is 5.75 Å². The van der Waals surface area contributed by atoms with Crippen LogP contribution in [-0.4, -0.2) is 25.5 Å². The summed E-state index contributed by atoms with van der Waals surface area (Å²) >= 11 is 0. The van der Waals surface area contributed by atoms with Gasteiger partial charge in [0.15, 0.2) is 0 Å². The molecule has 1 aromatic rings. The number of hydrogen-bond donors (Lipinski definition) is 2. The first-order valence-electron chi connectivity index (χ1n) is 7.57. The fourth-order valence-electron chi connectivity index (χ4n) is 1.90. The van der Waals surface area contributed by atoms with Crippen LogP contribution in [0.15, 0.2) is 18.2 Å². The predicted molar refractivity (Wildman–Crippen MR) is 88.1 cm³/mol. The predicted octanol–water partition coefficient (Wildman–Crippen LogP) is 2.88. The molecule has 5 heteroatoms. The van der Waals surface area contributed by atoms with E-state index in [1.54, 1.807) is 27.0 Å². The normalized spacial score (nSPS) is 11.0. The molecule has 122 valence electrons. The standard InChI is InChI=1S/C17H26N2O3/c1-6-7-10-18-15(20)17(3,4)16(21)19-13-11-12(2)8-9-14(13)22-5/h8-9,11H,6-7,10H2,1-5H3,(H,18,20)(H,19,21). The summed E-state index contributed by atoms with van der Waals surface area (Å²) in [4.78, 5) is 24.6. The van der Waals surface area contributed by atoms with Crippen LogP contribution >= 0.6 is 0 Å². The van der Waals surface area contributed by atoms with E-state index < -0.39 is 5.41 Å². The summed E-state index contributed by atoms with van der Waals surface area (Å²) < 4.78 is 5.24. The quantitative estimate of drug-likeness (QED) is 0.601. The van der Waals surface area contributed by atoms with E-state index in [9.17, 15) is 9.59 Å². The number of rotatable bonds is 7. The summed E-state index contributed by atoms with van der Waals surface area (Å²) in [6.07, 6.45) is 1.89. The molecule has 0 aliphatic carbocycles. The van der Waals surface area contributed by atoms with Crippen LogP contribution in [0.2, 0.25) is 0 Å². The lowest BCUT2D eigenvalue weighted by molar-refractivity contribution is -0.138. The maximum Gasteiger partial charge on any atom is 0.239 e. The van der Waals surface area contributed by atoms with Gasteiger partial charge in [-0.2, -0.15) is 0 Å². The van der Waals surface area contributed by atoms with E-state index in [0.29, 0.717) is 18.0 Å². The topological polar surface area (TPSA) is 67.4 Å². The van der Waals surface area contributed by atoms with Crippen molar-refractivity contribution in [3.05, 3.63) is 23.8 Å². The van der Waals surface area contributed by atoms with E-state index in [1.165, 1.54) is 0 Å². The highest BCUT2D eigenvalue weighted by atomic mass is 16.5. The Labute approximate surface area is 132 Å². The van der Waals surface area contributed by atoms with Crippen molar-refractivity contribution >= 4 is 17.5 Å². The maximum atomic E-state index is 12.5. The number of carbonyl (C=O) groups excluding carboxylic acids is 2. The third-order valence-corrected chi connectivity index (χ3v) is 3.55. The first-order valence-corrected chi connectivity index (χ1v) is 7.57. The maximum absolute atomic E-state index is 12.5. The number of carbonyl (C=O) groups is 2. The van der Waals surface area contributed by atoms with Crippen molar-refractivity contribution in [2.24, 2.45) is 5.41 Å². The summed E-state index contributed by atoms with van der Waals surface area (Å²) in [5, 5.41) is 5.59. The molecule has 0 aromatic heterocycles. The van der Waals surface area contributed by atoms with Gasteiger partial charge in [0.05, 0.1) is 12.8 Å². The van der Waals surface area contributed by atoms with Crippen LogP contribution < -0.4 is 15.4 Å². The van der Waals surface area contributed by atoms with Crippen LogP contribution in [0.3, 0.4) is 0 Å². The molecule has 0 aliphatic rings. The van der Waals surface area contributed by atoms with Crippen LogP contribution in [0.25, 0.3) is 0 Å². The number of ether oxygens (including phenoxy) is 1. The van der Waals surface area contributed by atoms with Crippen LogP contribution in [-0.2, 0) is 9.59 Å². The molecule has 0 spiro atoms. The second kappa shape index (κ2) is 7.82. The van der Waals surface area contributed by atoms with Crippen molar-refractivity contribution in [2.45, 2.75) is 40.5 Å². The van der Waals surface area contributed by atoms with E-state index in [-0.39, 0.29) is 11.8 Å². The van der Waals surface area contributed by atoms with Crippen LogP contribution in [0.1, 0.15) is 39.2 Å². The molecular weight excluding hydrogens is 280 g/mol. The van der Waals surface area contributed by atoms with Gasteiger partial charge in [-0.3, -0.25) is 9.59 Å². The molecular formula is C17H26N2O3. The summed E-state index contributed by atoms with van der Waals surface area (Å²) in [6.45, 7) is 7.79. The number of benzene rings is 1. The molecule has 22 heavy (non-hydrogen) atoms. The van der Waals surface area contributed by atoms with E-state index in [2.05, 4.69) is 10.6 Å². The second-order valence-electron chi connectivity index (χ2n) is 5.89. The fraction of sp³-hybridized carbons (Fsp3) is 0.529. The van der Waals surface area contributed by atoms with E-state index in [4.69, 9.17) is 4.74 Å². The molecule has 0 aliphatic heterocycles. The molecule has 0 bridgehead atoms. The number of aryl methyl sites for hydroxylation is 1.